The van der Waals surface area contributed by atoms with Crippen LogP contribution in [0.4, 0.5) is 5.69 Å². The van der Waals surface area contributed by atoms with E-state index in [9.17, 15) is 4.79 Å². The molecule has 0 atom stereocenters. The van der Waals surface area contributed by atoms with Gasteiger partial charge >= 0.3 is 0 Å². The number of aldehydes is 1. The lowest BCUT2D eigenvalue weighted by molar-refractivity contribution is 0.112. The van der Waals surface area contributed by atoms with Crippen LogP contribution in [0.5, 0.6) is 0 Å². The van der Waals surface area contributed by atoms with Gasteiger partial charge in [-0.15, -0.1) is 5.10 Å². The Morgan fingerprint density at radius 3 is 2.39 bits per heavy atom. The molecule has 2 aromatic carbocycles. The highest BCUT2D eigenvalue weighted by Gasteiger charge is 2.30. The molecule has 118 valence electrons. The number of hydrogen-bond donors (Lipinski definition) is 1. The summed E-state index contributed by atoms with van der Waals surface area (Å²) in [5, 5.41) is 8.16. The largest absolute Gasteiger partial charge is 0.298 e. The first kappa shape index (κ1) is 15.1. The first-order chi connectivity index (χ1) is 11.0. The quantitative estimate of drug-likeness (QED) is 0.882. The van der Waals surface area contributed by atoms with Crippen molar-refractivity contribution in [1.29, 1.82) is 0 Å². The van der Waals surface area contributed by atoms with Crippen molar-refractivity contribution in [1.82, 2.24) is 10.5 Å². The van der Waals surface area contributed by atoms with Crippen molar-refractivity contribution in [2.24, 2.45) is 5.10 Å². The fourth-order valence-corrected chi connectivity index (χ4v) is 2.52. The summed E-state index contributed by atoms with van der Waals surface area (Å²) in [5.41, 5.74) is 6.71. The molecular formula is C18H20N4O. The van der Waals surface area contributed by atoms with Crippen molar-refractivity contribution in [2.45, 2.75) is 26.3 Å². The minimum Gasteiger partial charge on any atom is -0.298 e. The van der Waals surface area contributed by atoms with Gasteiger partial charge in [0.15, 0.2) is 0 Å². The van der Waals surface area contributed by atoms with Crippen molar-refractivity contribution in [3.8, 4) is 11.1 Å². The molecule has 0 unspecified atom stereocenters. The number of para-hydroxylation sites is 1. The number of anilines is 1. The van der Waals surface area contributed by atoms with Crippen molar-refractivity contribution in [3.63, 3.8) is 0 Å². The molecule has 0 spiro atoms. The van der Waals surface area contributed by atoms with E-state index < -0.39 is 0 Å². The van der Waals surface area contributed by atoms with Gasteiger partial charge in [-0.3, -0.25) is 4.79 Å². The van der Waals surface area contributed by atoms with E-state index in [-0.39, 0.29) is 5.54 Å². The maximum Gasteiger partial charge on any atom is 0.150 e. The average molecular weight is 308 g/mol. The van der Waals surface area contributed by atoms with Crippen LogP contribution in [0, 0.1) is 0 Å². The van der Waals surface area contributed by atoms with Gasteiger partial charge in [0, 0.05) is 11.1 Å². The number of nitrogens with one attached hydrogen (secondary N) is 1. The summed E-state index contributed by atoms with van der Waals surface area (Å²) in [5.74, 6) is 0. The van der Waals surface area contributed by atoms with E-state index in [0.717, 1.165) is 23.1 Å². The highest BCUT2D eigenvalue weighted by Crippen LogP contribution is 2.33. The lowest BCUT2D eigenvalue weighted by Crippen LogP contribution is -2.52. The van der Waals surface area contributed by atoms with Crippen LogP contribution >= 0.6 is 0 Å². The standard InChI is InChI=1S/C18H20N4O/c1-18(2,3)21-13-19-20-22(21)17-7-5-4-6-16(17)15-10-8-14(12-23)9-11-15/h4-13,20H,1-3H3. The van der Waals surface area contributed by atoms with E-state index in [0.29, 0.717) is 5.56 Å². The Balaban J connectivity index is 2.02. The Bertz CT molecular complexity index is 731. The lowest BCUT2D eigenvalue weighted by Gasteiger charge is -2.38. The van der Waals surface area contributed by atoms with Gasteiger partial charge in [0.1, 0.15) is 12.6 Å². The molecule has 0 aromatic heterocycles. The van der Waals surface area contributed by atoms with Crippen molar-refractivity contribution in [2.75, 3.05) is 5.12 Å². The normalized spacial score (nSPS) is 14.0. The zero-order valence-electron chi connectivity index (χ0n) is 13.5. The Morgan fingerprint density at radius 2 is 1.74 bits per heavy atom. The Hall–Kier alpha value is -2.82. The van der Waals surface area contributed by atoms with Crippen LogP contribution in [0.3, 0.4) is 0 Å². The average Bonchev–Trinajstić information content (AvgIpc) is 3.05. The lowest BCUT2D eigenvalue weighted by atomic mass is 10.0. The first-order valence-electron chi connectivity index (χ1n) is 7.53. The zero-order chi connectivity index (χ0) is 16.4. The monoisotopic (exact) mass is 308 g/mol. The number of rotatable bonds is 3. The highest BCUT2D eigenvalue weighted by atomic mass is 16.1. The number of hydrogen-bond acceptors (Lipinski definition) is 5. The maximum absolute atomic E-state index is 10.8. The molecule has 1 N–H and O–H groups in total. The summed E-state index contributed by atoms with van der Waals surface area (Å²) in [6.45, 7) is 6.38. The van der Waals surface area contributed by atoms with Crippen LogP contribution in [-0.4, -0.2) is 23.2 Å². The summed E-state index contributed by atoms with van der Waals surface area (Å²) in [6, 6.07) is 15.7. The molecular weight excluding hydrogens is 288 g/mol. The van der Waals surface area contributed by atoms with E-state index in [1.807, 2.05) is 52.6 Å². The number of nitrogens with zero attached hydrogens (tertiary/aromatic N) is 3. The van der Waals surface area contributed by atoms with Gasteiger partial charge in [-0.2, -0.15) is 10.7 Å². The van der Waals surface area contributed by atoms with Crippen LogP contribution in [0.2, 0.25) is 0 Å². The fourth-order valence-electron chi connectivity index (χ4n) is 2.52. The van der Waals surface area contributed by atoms with Crippen LogP contribution in [0.25, 0.3) is 11.1 Å². The van der Waals surface area contributed by atoms with E-state index in [1.165, 1.54) is 0 Å². The van der Waals surface area contributed by atoms with E-state index >= 15 is 0 Å². The molecule has 0 aliphatic carbocycles. The van der Waals surface area contributed by atoms with E-state index in [2.05, 4.69) is 37.5 Å². The highest BCUT2D eigenvalue weighted by molar-refractivity contribution is 5.82. The number of benzene rings is 2. The molecule has 5 nitrogen and oxygen atoms in total. The summed E-state index contributed by atoms with van der Waals surface area (Å²) in [4.78, 5) is 10.8. The van der Waals surface area contributed by atoms with Gasteiger partial charge in [-0.1, -0.05) is 42.5 Å². The third kappa shape index (κ3) is 2.90. The summed E-state index contributed by atoms with van der Waals surface area (Å²) in [6.07, 6.45) is 2.64. The van der Waals surface area contributed by atoms with E-state index in [4.69, 9.17) is 0 Å². The minimum atomic E-state index is -0.110. The maximum atomic E-state index is 10.8. The Morgan fingerprint density at radius 1 is 1.04 bits per heavy atom. The zero-order valence-corrected chi connectivity index (χ0v) is 13.5. The SMILES string of the molecule is CC(C)(C)N1C=NNN1c1ccccc1-c1ccc(C=O)cc1. The predicted molar refractivity (Wildman–Crippen MR) is 93.0 cm³/mol. The van der Waals surface area contributed by atoms with Gasteiger partial charge < -0.3 is 0 Å². The molecule has 23 heavy (non-hydrogen) atoms. The topological polar surface area (TPSA) is 47.9 Å². The Kier molecular flexibility index (Phi) is 3.78. The van der Waals surface area contributed by atoms with Crippen molar-refractivity contribution < 1.29 is 4.79 Å². The van der Waals surface area contributed by atoms with Crippen molar-refractivity contribution >= 4 is 18.3 Å². The molecule has 0 radical (unpaired) electrons. The smallest absolute Gasteiger partial charge is 0.150 e. The van der Waals surface area contributed by atoms with Gasteiger partial charge in [0.05, 0.1) is 11.2 Å². The first-order valence-corrected chi connectivity index (χ1v) is 7.53. The summed E-state index contributed by atoms with van der Waals surface area (Å²) < 4.78 is 0. The van der Waals surface area contributed by atoms with Gasteiger partial charge in [0.25, 0.3) is 0 Å². The third-order valence-corrected chi connectivity index (χ3v) is 3.71. The number of carbonyl (C=O) groups excluding carboxylic acids is 1. The molecule has 0 fully saturated rings. The van der Waals surface area contributed by atoms with Gasteiger partial charge in [-0.05, 0) is 32.4 Å². The van der Waals surface area contributed by atoms with Crippen LogP contribution in [0.1, 0.15) is 31.1 Å². The molecule has 0 saturated carbocycles. The molecule has 5 heteroatoms. The molecule has 1 aliphatic heterocycles. The second-order valence-corrected chi connectivity index (χ2v) is 6.43. The summed E-state index contributed by atoms with van der Waals surface area (Å²) >= 11 is 0. The molecule has 0 saturated heterocycles. The van der Waals surface area contributed by atoms with Crippen LogP contribution in [-0.2, 0) is 0 Å². The predicted octanol–water partition coefficient (Wildman–Crippen LogP) is 3.45. The van der Waals surface area contributed by atoms with Crippen LogP contribution in [0.15, 0.2) is 53.6 Å². The summed E-state index contributed by atoms with van der Waals surface area (Å²) in [7, 11) is 0. The van der Waals surface area contributed by atoms with Crippen LogP contribution < -0.4 is 10.7 Å². The second kappa shape index (κ2) is 5.76. The third-order valence-electron chi connectivity index (χ3n) is 3.71. The molecule has 3 rings (SSSR count). The number of hydrazone groups is 1. The van der Waals surface area contributed by atoms with Gasteiger partial charge in [0.2, 0.25) is 0 Å². The van der Waals surface area contributed by atoms with Crippen molar-refractivity contribution in [3.05, 3.63) is 54.1 Å². The fraction of sp³-hybridized carbons (Fsp3) is 0.222. The molecule has 1 heterocycles. The molecule has 1 aliphatic rings. The molecule has 0 bridgehead atoms. The van der Waals surface area contributed by atoms with E-state index in [1.54, 1.807) is 6.34 Å². The number of carbonyl (C=O) groups is 1. The molecule has 0 amide bonds. The Labute approximate surface area is 136 Å². The second-order valence-electron chi connectivity index (χ2n) is 6.43. The molecule has 2 aromatic rings. The number of hydrazine groups is 2. The minimum absolute atomic E-state index is 0.110. The van der Waals surface area contributed by atoms with Gasteiger partial charge in [-0.25, -0.2) is 5.01 Å².